The van der Waals surface area contributed by atoms with Gasteiger partial charge in [-0.15, -0.1) is 0 Å². The fourth-order valence-electron chi connectivity index (χ4n) is 1.68. The van der Waals surface area contributed by atoms with Crippen molar-refractivity contribution >= 4 is 11.2 Å². The second-order valence-corrected chi connectivity index (χ2v) is 4.16. The third-order valence-corrected chi connectivity index (χ3v) is 3.08. The van der Waals surface area contributed by atoms with Gasteiger partial charge in [0.25, 0.3) is 0 Å². The Labute approximate surface area is 94.9 Å². The van der Waals surface area contributed by atoms with Crippen LogP contribution in [0.5, 0.6) is 0 Å². The van der Waals surface area contributed by atoms with Crippen LogP contribution in [0, 0.1) is 6.92 Å². The Kier molecular flexibility index (Phi) is 2.68. The van der Waals surface area contributed by atoms with Crippen molar-refractivity contribution in [2.24, 2.45) is 5.73 Å². The summed E-state index contributed by atoms with van der Waals surface area (Å²) in [7, 11) is 0. The number of oxazole rings is 1. The highest BCUT2D eigenvalue weighted by molar-refractivity contribution is 5.67. The minimum atomic E-state index is -0.478. The zero-order chi connectivity index (χ0) is 11.8. The lowest BCUT2D eigenvalue weighted by Crippen LogP contribution is -2.35. The summed E-state index contributed by atoms with van der Waals surface area (Å²) in [5.41, 5.74) is 8.04. The lowest BCUT2D eigenvalue weighted by Gasteiger charge is -2.21. The van der Waals surface area contributed by atoms with Gasteiger partial charge < -0.3 is 10.2 Å². The maximum absolute atomic E-state index is 6.24. The molecule has 86 valence electrons. The Morgan fingerprint density at radius 3 is 2.56 bits per heavy atom. The zero-order valence-electron chi connectivity index (χ0n) is 9.95. The maximum Gasteiger partial charge on any atom is 0.217 e. The smallest absolute Gasteiger partial charge is 0.217 e. The van der Waals surface area contributed by atoms with Crippen LogP contribution in [-0.4, -0.2) is 9.97 Å². The number of aryl methyl sites for hydroxylation is 1. The topological polar surface area (TPSA) is 64.9 Å². The molecule has 0 radical (unpaired) electrons. The van der Waals surface area contributed by atoms with Crippen LogP contribution in [0.15, 0.2) is 16.5 Å². The highest BCUT2D eigenvalue weighted by Gasteiger charge is 2.29. The molecule has 0 saturated carbocycles. The summed E-state index contributed by atoms with van der Waals surface area (Å²) in [5.74, 6) is 0.589. The van der Waals surface area contributed by atoms with Crippen LogP contribution in [0.2, 0.25) is 0 Å². The minimum Gasteiger partial charge on any atom is -0.437 e. The van der Waals surface area contributed by atoms with E-state index < -0.39 is 5.54 Å². The Bertz CT molecular complexity index is 500. The van der Waals surface area contributed by atoms with Gasteiger partial charge in [-0.05, 0) is 31.9 Å². The van der Waals surface area contributed by atoms with Crippen molar-refractivity contribution in [2.75, 3.05) is 0 Å². The van der Waals surface area contributed by atoms with Gasteiger partial charge in [0.1, 0.15) is 0 Å². The van der Waals surface area contributed by atoms with Crippen LogP contribution in [-0.2, 0) is 5.54 Å². The molecule has 2 aromatic rings. The molecule has 0 aliphatic carbocycles. The van der Waals surface area contributed by atoms with Crippen molar-refractivity contribution in [1.82, 2.24) is 9.97 Å². The van der Waals surface area contributed by atoms with Crippen LogP contribution in [0.3, 0.4) is 0 Å². The number of aromatic nitrogens is 2. The van der Waals surface area contributed by atoms with Gasteiger partial charge in [-0.1, -0.05) is 13.8 Å². The van der Waals surface area contributed by atoms with Gasteiger partial charge >= 0.3 is 0 Å². The van der Waals surface area contributed by atoms with Gasteiger partial charge in [0.15, 0.2) is 11.2 Å². The number of rotatable bonds is 3. The lowest BCUT2D eigenvalue weighted by molar-refractivity contribution is 0.318. The molecular weight excluding hydrogens is 202 g/mol. The molecule has 0 unspecified atom stereocenters. The second kappa shape index (κ2) is 3.87. The first-order valence-corrected chi connectivity index (χ1v) is 5.62. The molecule has 0 aliphatic rings. The molecule has 2 aromatic heterocycles. The van der Waals surface area contributed by atoms with E-state index in [9.17, 15) is 0 Å². The van der Waals surface area contributed by atoms with Crippen molar-refractivity contribution in [3.63, 3.8) is 0 Å². The van der Waals surface area contributed by atoms with Crippen LogP contribution in [0.1, 0.15) is 38.3 Å². The van der Waals surface area contributed by atoms with E-state index in [0.29, 0.717) is 17.1 Å². The second-order valence-electron chi connectivity index (χ2n) is 4.16. The van der Waals surface area contributed by atoms with Crippen molar-refractivity contribution in [2.45, 2.75) is 39.2 Å². The summed E-state index contributed by atoms with van der Waals surface area (Å²) in [6.45, 7) is 6.01. The molecule has 0 saturated heterocycles. The van der Waals surface area contributed by atoms with Crippen LogP contribution >= 0.6 is 0 Å². The predicted octanol–water partition coefficient (Wildman–Crippen LogP) is 2.51. The highest BCUT2D eigenvalue weighted by atomic mass is 16.4. The summed E-state index contributed by atoms with van der Waals surface area (Å²) in [6.07, 6.45) is 1.60. The van der Waals surface area contributed by atoms with E-state index in [4.69, 9.17) is 10.2 Å². The van der Waals surface area contributed by atoms with Crippen molar-refractivity contribution in [3.8, 4) is 0 Å². The van der Waals surface area contributed by atoms with Gasteiger partial charge in [-0.3, -0.25) is 0 Å². The summed E-state index contributed by atoms with van der Waals surface area (Å²) in [6, 6.07) is 3.80. The number of hydrogen-bond donors (Lipinski definition) is 1. The van der Waals surface area contributed by atoms with E-state index >= 15 is 0 Å². The Hall–Kier alpha value is -1.42. The van der Waals surface area contributed by atoms with Crippen molar-refractivity contribution in [1.29, 1.82) is 0 Å². The van der Waals surface area contributed by atoms with Gasteiger partial charge in [0, 0.05) is 5.69 Å². The first kappa shape index (κ1) is 11.1. The molecule has 0 aliphatic heterocycles. The maximum atomic E-state index is 6.24. The molecule has 2 rings (SSSR count). The van der Waals surface area contributed by atoms with E-state index in [-0.39, 0.29) is 0 Å². The van der Waals surface area contributed by atoms with E-state index in [0.717, 1.165) is 18.5 Å². The standard InChI is InChI=1S/C12H17N3O/c1-4-12(13,5-2)11-15-10-9(16-11)7-6-8(3)14-10/h6-7H,4-5,13H2,1-3H3. The third kappa shape index (κ3) is 1.69. The molecule has 2 heterocycles. The molecule has 0 amide bonds. The van der Waals surface area contributed by atoms with Crippen LogP contribution < -0.4 is 5.73 Å². The fraction of sp³-hybridized carbons (Fsp3) is 0.500. The van der Waals surface area contributed by atoms with Gasteiger partial charge in [0.2, 0.25) is 5.89 Å². The van der Waals surface area contributed by atoms with Gasteiger partial charge in [-0.2, -0.15) is 4.98 Å². The van der Waals surface area contributed by atoms with Crippen LogP contribution in [0.4, 0.5) is 0 Å². The summed E-state index contributed by atoms with van der Waals surface area (Å²) < 4.78 is 5.67. The average molecular weight is 219 g/mol. The predicted molar refractivity (Wildman–Crippen MR) is 63.0 cm³/mol. The molecular formula is C12H17N3O. The summed E-state index contributed by atoms with van der Waals surface area (Å²) in [5, 5.41) is 0. The molecule has 2 N–H and O–H groups in total. The fourth-order valence-corrected chi connectivity index (χ4v) is 1.68. The van der Waals surface area contributed by atoms with E-state index in [1.54, 1.807) is 0 Å². The monoisotopic (exact) mass is 219 g/mol. The molecule has 0 aromatic carbocycles. The van der Waals surface area contributed by atoms with Gasteiger partial charge in [0.05, 0.1) is 5.54 Å². The third-order valence-electron chi connectivity index (χ3n) is 3.08. The Balaban J connectivity index is 2.54. The largest absolute Gasteiger partial charge is 0.437 e. The minimum absolute atomic E-state index is 0.478. The van der Waals surface area contributed by atoms with E-state index in [2.05, 4.69) is 9.97 Å². The zero-order valence-corrected chi connectivity index (χ0v) is 9.95. The summed E-state index contributed by atoms with van der Waals surface area (Å²) in [4.78, 5) is 8.70. The molecule has 4 heteroatoms. The molecule has 0 fully saturated rings. The molecule has 0 spiro atoms. The summed E-state index contributed by atoms with van der Waals surface area (Å²) >= 11 is 0. The van der Waals surface area contributed by atoms with Crippen molar-refractivity contribution in [3.05, 3.63) is 23.7 Å². The highest BCUT2D eigenvalue weighted by Crippen LogP contribution is 2.27. The lowest BCUT2D eigenvalue weighted by atomic mass is 9.94. The number of fused-ring (bicyclic) bond motifs is 1. The number of nitrogens with two attached hydrogens (primary N) is 1. The normalized spacial score (nSPS) is 12.2. The molecule has 4 nitrogen and oxygen atoms in total. The van der Waals surface area contributed by atoms with Crippen molar-refractivity contribution < 1.29 is 4.42 Å². The van der Waals surface area contributed by atoms with E-state index in [1.165, 1.54) is 0 Å². The number of hydrogen-bond acceptors (Lipinski definition) is 4. The quantitative estimate of drug-likeness (QED) is 0.861. The first-order chi connectivity index (χ1) is 7.59. The Morgan fingerprint density at radius 2 is 1.94 bits per heavy atom. The number of pyridine rings is 1. The molecule has 0 bridgehead atoms. The van der Waals surface area contributed by atoms with Gasteiger partial charge in [-0.25, -0.2) is 4.98 Å². The number of nitrogens with zero attached hydrogens (tertiary/aromatic N) is 2. The first-order valence-electron chi connectivity index (χ1n) is 5.62. The Morgan fingerprint density at radius 1 is 1.25 bits per heavy atom. The molecule has 16 heavy (non-hydrogen) atoms. The van der Waals surface area contributed by atoms with Crippen LogP contribution in [0.25, 0.3) is 11.2 Å². The SMILES string of the molecule is CCC(N)(CC)c1nc2nc(C)ccc2o1. The molecule has 0 atom stereocenters. The van der Waals surface area contributed by atoms with E-state index in [1.807, 2.05) is 32.9 Å². The average Bonchev–Trinajstić information content (AvgIpc) is 2.71.